The van der Waals surface area contributed by atoms with Gasteiger partial charge in [-0.1, -0.05) is 18.2 Å². The zero-order valence-electron chi connectivity index (χ0n) is 13.9. The molecule has 128 valence electrons. The van der Waals surface area contributed by atoms with Crippen LogP contribution in [0.4, 0.5) is 10.2 Å². The zero-order valence-corrected chi connectivity index (χ0v) is 13.9. The predicted molar refractivity (Wildman–Crippen MR) is 92.9 cm³/mol. The fourth-order valence-electron chi connectivity index (χ4n) is 2.95. The van der Waals surface area contributed by atoms with Gasteiger partial charge in [0.25, 0.3) is 0 Å². The van der Waals surface area contributed by atoms with Crippen LogP contribution in [0.1, 0.15) is 23.6 Å². The third kappa shape index (κ3) is 2.93. The van der Waals surface area contributed by atoms with Crippen LogP contribution >= 0.6 is 0 Å². The summed E-state index contributed by atoms with van der Waals surface area (Å²) in [5.74, 6) is 1.74. The number of imidazole rings is 1. The Morgan fingerprint density at radius 2 is 2.08 bits per heavy atom. The Morgan fingerprint density at radius 1 is 1.20 bits per heavy atom. The molecule has 2 aromatic heterocycles. The lowest BCUT2D eigenvalue weighted by Crippen LogP contribution is -2.07. The quantitative estimate of drug-likeness (QED) is 0.637. The Kier molecular flexibility index (Phi) is 3.83. The molecule has 0 radical (unpaired) electrons. The minimum Gasteiger partial charge on any atom is -0.486 e. The maximum Gasteiger partial charge on any atom is 0.166 e. The molecule has 1 aliphatic rings. The van der Waals surface area contributed by atoms with Crippen molar-refractivity contribution in [2.24, 2.45) is 0 Å². The van der Waals surface area contributed by atoms with Gasteiger partial charge in [-0.3, -0.25) is 0 Å². The van der Waals surface area contributed by atoms with Crippen molar-refractivity contribution in [1.29, 1.82) is 0 Å². The average Bonchev–Trinajstić information content (AvgIpc) is 2.90. The van der Waals surface area contributed by atoms with Crippen LogP contribution in [0.15, 0.2) is 30.4 Å². The number of nitrogens with zero attached hydrogens (tertiary/aromatic N) is 4. The first-order valence-corrected chi connectivity index (χ1v) is 8.17. The van der Waals surface area contributed by atoms with E-state index in [9.17, 15) is 4.39 Å². The smallest absolute Gasteiger partial charge is 0.166 e. The zero-order chi connectivity index (χ0) is 17.4. The van der Waals surface area contributed by atoms with Crippen LogP contribution in [0.5, 0.6) is 5.75 Å². The number of ether oxygens (including phenoxy) is 1. The third-order valence-electron chi connectivity index (χ3n) is 4.23. The van der Waals surface area contributed by atoms with Crippen LogP contribution in [-0.2, 0) is 13.0 Å². The summed E-state index contributed by atoms with van der Waals surface area (Å²) in [7, 11) is 0. The highest BCUT2D eigenvalue weighted by molar-refractivity contribution is 5.82. The number of allylic oxidation sites excluding steroid dienone is 1. The van der Waals surface area contributed by atoms with E-state index >= 15 is 0 Å². The Labute approximate surface area is 144 Å². The highest BCUT2D eigenvalue weighted by Crippen LogP contribution is 2.24. The molecule has 2 N–H and O–H groups in total. The summed E-state index contributed by atoms with van der Waals surface area (Å²) in [5, 5.41) is 0. The molecule has 0 amide bonds. The van der Waals surface area contributed by atoms with Crippen molar-refractivity contribution in [3.8, 4) is 5.75 Å². The summed E-state index contributed by atoms with van der Waals surface area (Å²) in [4.78, 5) is 13.5. The summed E-state index contributed by atoms with van der Waals surface area (Å²) in [6, 6.07) is 4.87. The molecule has 1 aliphatic heterocycles. The maximum absolute atomic E-state index is 13.9. The number of anilines is 1. The Balaban J connectivity index is 1.88. The van der Waals surface area contributed by atoms with Gasteiger partial charge in [-0.05, 0) is 31.0 Å². The van der Waals surface area contributed by atoms with Gasteiger partial charge in [0.15, 0.2) is 28.5 Å². The predicted octanol–water partition coefficient (Wildman–Crippen LogP) is 2.79. The van der Waals surface area contributed by atoms with Crippen molar-refractivity contribution in [3.05, 3.63) is 53.4 Å². The first-order chi connectivity index (χ1) is 12.1. The molecule has 7 heteroatoms. The lowest BCUT2D eigenvalue weighted by Gasteiger charge is -2.11. The Bertz CT molecular complexity index is 979. The van der Waals surface area contributed by atoms with E-state index in [1.54, 1.807) is 12.1 Å². The standard InChI is InChI=1S/C18H18FN5O/c1-11-21-16-17(20)22-15-5-3-2-4-8-25-14-9-12(6-7-13(14)19)10-24(11)18(16)23-15/h2,4,6-7,9H,3,5,8,10H2,1H3,(H2,20,22,23)/b4-2-. The topological polar surface area (TPSA) is 78.9 Å². The largest absolute Gasteiger partial charge is 0.486 e. The number of fused-ring (bicyclic) bond motifs is 3. The SMILES string of the molecule is Cc1nc2c(N)nc3nc2n1Cc1ccc(F)c(c1)OC/C=C\CC3. The number of aromatic nitrogens is 4. The van der Waals surface area contributed by atoms with Crippen molar-refractivity contribution in [1.82, 2.24) is 19.5 Å². The van der Waals surface area contributed by atoms with Gasteiger partial charge >= 0.3 is 0 Å². The Hall–Kier alpha value is -2.96. The molecule has 0 unspecified atom stereocenters. The summed E-state index contributed by atoms with van der Waals surface area (Å²) < 4.78 is 21.5. The summed E-state index contributed by atoms with van der Waals surface area (Å²) in [5.41, 5.74) is 8.28. The molecule has 1 aromatic carbocycles. The van der Waals surface area contributed by atoms with Crippen molar-refractivity contribution in [2.45, 2.75) is 26.3 Å². The molecule has 0 saturated heterocycles. The first kappa shape index (κ1) is 15.6. The summed E-state index contributed by atoms with van der Waals surface area (Å²) >= 11 is 0. The minimum atomic E-state index is -0.370. The van der Waals surface area contributed by atoms with Gasteiger partial charge in [0.1, 0.15) is 18.3 Å². The van der Waals surface area contributed by atoms with Crippen LogP contribution in [0.3, 0.4) is 0 Å². The van der Waals surface area contributed by atoms with E-state index in [-0.39, 0.29) is 11.6 Å². The van der Waals surface area contributed by atoms with Gasteiger partial charge in [0, 0.05) is 6.42 Å². The number of halogens is 1. The highest BCUT2D eigenvalue weighted by atomic mass is 19.1. The van der Waals surface area contributed by atoms with E-state index < -0.39 is 0 Å². The molecule has 4 rings (SSSR count). The molecule has 0 atom stereocenters. The van der Waals surface area contributed by atoms with Gasteiger partial charge in [-0.2, -0.15) is 0 Å². The van der Waals surface area contributed by atoms with E-state index in [0.29, 0.717) is 42.4 Å². The van der Waals surface area contributed by atoms with Crippen molar-refractivity contribution in [2.75, 3.05) is 12.3 Å². The number of nitrogens with two attached hydrogens (primary N) is 1. The fourth-order valence-corrected chi connectivity index (χ4v) is 2.95. The molecule has 0 saturated carbocycles. The number of benzene rings is 1. The first-order valence-electron chi connectivity index (χ1n) is 8.17. The second kappa shape index (κ2) is 6.16. The van der Waals surface area contributed by atoms with E-state index in [1.807, 2.05) is 23.6 Å². The average molecular weight is 339 g/mol. The molecule has 3 heterocycles. The normalized spacial score (nSPS) is 15.8. The highest BCUT2D eigenvalue weighted by Gasteiger charge is 2.15. The van der Waals surface area contributed by atoms with Crippen LogP contribution in [0.2, 0.25) is 0 Å². The number of rotatable bonds is 0. The number of hydrogen-bond donors (Lipinski definition) is 1. The summed E-state index contributed by atoms with van der Waals surface area (Å²) in [6.45, 7) is 2.72. The fraction of sp³-hybridized carbons (Fsp3) is 0.278. The molecular weight excluding hydrogens is 321 g/mol. The van der Waals surface area contributed by atoms with Crippen molar-refractivity contribution in [3.63, 3.8) is 0 Å². The molecule has 0 spiro atoms. The van der Waals surface area contributed by atoms with Gasteiger partial charge in [-0.25, -0.2) is 19.3 Å². The van der Waals surface area contributed by atoms with E-state index in [4.69, 9.17) is 10.5 Å². The molecule has 0 aliphatic carbocycles. The van der Waals surface area contributed by atoms with Crippen LogP contribution < -0.4 is 10.5 Å². The van der Waals surface area contributed by atoms with Crippen molar-refractivity contribution < 1.29 is 9.13 Å². The monoisotopic (exact) mass is 339 g/mol. The van der Waals surface area contributed by atoms with E-state index in [1.165, 1.54) is 6.07 Å². The molecule has 0 fully saturated rings. The lowest BCUT2D eigenvalue weighted by atomic mass is 10.2. The molecular formula is C18H18FN5O. The summed E-state index contributed by atoms with van der Waals surface area (Å²) in [6.07, 6.45) is 5.26. The molecule has 4 bridgehead atoms. The van der Waals surface area contributed by atoms with Crippen molar-refractivity contribution >= 4 is 17.0 Å². The third-order valence-corrected chi connectivity index (χ3v) is 4.23. The number of aryl methyl sites for hydroxylation is 2. The van der Waals surface area contributed by atoms with E-state index in [0.717, 1.165) is 17.8 Å². The van der Waals surface area contributed by atoms with Gasteiger partial charge in [0.2, 0.25) is 0 Å². The number of nitrogen functional groups attached to an aromatic ring is 1. The van der Waals surface area contributed by atoms with Gasteiger partial charge in [-0.15, -0.1) is 0 Å². The van der Waals surface area contributed by atoms with Gasteiger partial charge < -0.3 is 15.0 Å². The molecule has 25 heavy (non-hydrogen) atoms. The maximum atomic E-state index is 13.9. The van der Waals surface area contributed by atoms with Crippen LogP contribution in [0, 0.1) is 12.7 Å². The van der Waals surface area contributed by atoms with Crippen LogP contribution in [0.25, 0.3) is 11.2 Å². The van der Waals surface area contributed by atoms with Crippen LogP contribution in [-0.4, -0.2) is 26.1 Å². The second-order valence-corrected chi connectivity index (χ2v) is 6.03. The molecule has 6 nitrogen and oxygen atoms in total. The van der Waals surface area contributed by atoms with E-state index in [2.05, 4.69) is 15.0 Å². The number of hydrogen-bond acceptors (Lipinski definition) is 5. The van der Waals surface area contributed by atoms with Gasteiger partial charge in [0.05, 0.1) is 6.54 Å². The second-order valence-electron chi connectivity index (χ2n) is 6.03. The Morgan fingerprint density at radius 3 is 2.96 bits per heavy atom. The lowest BCUT2D eigenvalue weighted by molar-refractivity contribution is 0.340. The molecule has 3 aromatic rings. The minimum absolute atomic E-state index is 0.246.